The van der Waals surface area contributed by atoms with E-state index in [2.05, 4.69) is 0 Å². The van der Waals surface area contributed by atoms with E-state index in [1.54, 1.807) is 52.1 Å². The minimum atomic E-state index is -0.929. The summed E-state index contributed by atoms with van der Waals surface area (Å²) in [5.74, 6) is 0.684. The van der Waals surface area contributed by atoms with E-state index in [1.807, 2.05) is 36.6 Å². The van der Waals surface area contributed by atoms with Crippen molar-refractivity contribution in [3.8, 4) is 5.75 Å². The topological polar surface area (TPSA) is 65.1 Å². The van der Waals surface area contributed by atoms with Gasteiger partial charge in [-0.25, -0.2) is 4.79 Å². The number of benzene rings is 2. The number of carbonyl (C=O) groups is 1. The van der Waals surface area contributed by atoms with E-state index in [0.29, 0.717) is 11.3 Å². The van der Waals surface area contributed by atoms with Crippen molar-refractivity contribution in [2.45, 2.75) is 44.7 Å². The van der Waals surface area contributed by atoms with Crippen LogP contribution in [0.25, 0.3) is 0 Å². The summed E-state index contributed by atoms with van der Waals surface area (Å²) in [7, 11) is 1.58. The third-order valence-corrected chi connectivity index (χ3v) is 4.38. The van der Waals surface area contributed by atoms with E-state index in [-0.39, 0.29) is 0 Å². The molecule has 1 unspecified atom stereocenters. The molecule has 6 heteroatoms. The van der Waals surface area contributed by atoms with Crippen LogP contribution in [0.3, 0.4) is 0 Å². The Hall–Kier alpha value is -2.86. The van der Waals surface area contributed by atoms with Gasteiger partial charge in [0.2, 0.25) is 6.29 Å². The number of nitrogens with zero attached hydrogens (tertiary/aromatic N) is 1. The van der Waals surface area contributed by atoms with Crippen molar-refractivity contribution in [3.05, 3.63) is 65.7 Å². The molecule has 1 saturated heterocycles. The monoisotopic (exact) mass is 382 g/mol. The molecule has 3 rings (SSSR count). The summed E-state index contributed by atoms with van der Waals surface area (Å²) in [6, 6.07) is 15.8. The maximum absolute atomic E-state index is 13.1. The number of amides is 1. The second-order valence-electron chi connectivity index (χ2n) is 7.54. The first-order chi connectivity index (χ1) is 13.3. The Kier molecular flexibility index (Phi) is 5.70. The molecule has 3 atom stereocenters. The number of hydrogen-bond donors (Lipinski definition) is 0. The van der Waals surface area contributed by atoms with E-state index >= 15 is 0 Å². The van der Waals surface area contributed by atoms with Crippen molar-refractivity contribution in [1.29, 1.82) is 0 Å². The van der Waals surface area contributed by atoms with Gasteiger partial charge in [-0.05, 0) is 38.5 Å². The van der Waals surface area contributed by atoms with E-state index in [0.717, 1.165) is 5.56 Å². The second kappa shape index (κ2) is 8.02. The molecule has 2 aromatic rings. The van der Waals surface area contributed by atoms with Crippen LogP contribution >= 0.6 is 0 Å². The lowest BCUT2D eigenvalue weighted by atomic mass is 10.0. The van der Waals surface area contributed by atoms with Crippen molar-refractivity contribution in [2.75, 3.05) is 7.11 Å². The van der Waals surface area contributed by atoms with E-state index in [1.165, 1.54) is 4.90 Å². The van der Waals surface area contributed by atoms with Gasteiger partial charge < -0.3 is 14.2 Å². The van der Waals surface area contributed by atoms with Gasteiger partial charge in [0.15, 0.2) is 12.3 Å². The minimum Gasteiger partial charge on any atom is -0.497 e. The highest BCUT2D eigenvalue weighted by atomic mass is 16.6. The highest BCUT2D eigenvalue weighted by molar-refractivity contribution is 5.72. The Morgan fingerprint density at radius 3 is 2.21 bits per heavy atom. The van der Waals surface area contributed by atoms with Crippen LogP contribution in [0.5, 0.6) is 5.75 Å². The third kappa shape index (κ3) is 4.17. The number of carbonyl (C=O) groups excluding carboxylic acids is 2. The predicted octanol–water partition coefficient (Wildman–Crippen LogP) is 4.18. The molecule has 1 fully saturated rings. The Balaban J connectivity index is 2.04. The average Bonchev–Trinajstić information content (AvgIpc) is 3.07. The average molecular weight is 382 g/mol. The first-order valence-electron chi connectivity index (χ1n) is 9.07. The third-order valence-electron chi connectivity index (χ3n) is 4.38. The second-order valence-corrected chi connectivity index (χ2v) is 7.54. The number of methoxy groups -OCH3 is 1. The number of hydrogen-bond acceptors (Lipinski definition) is 5. The van der Waals surface area contributed by atoms with Crippen LogP contribution in [0, 0.1) is 0 Å². The molecule has 1 amide bonds. The molecule has 0 spiro atoms. The van der Waals surface area contributed by atoms with Crippen LogP contribution in [0.1, 0.15) is 44.2 Å². The van der Waals surface area contributed by atoms with E-state index < -0.39 is 30.1 Å². The lowest BCUT2D eigenvalue weighted by molar-refractivity contribution is -0.0177. The van der Waals surface area contributed by atoms with Crippen LogP contribution in [0.15, 0.2) is 54.6 Å². The van der Waals surface area contributed by atoms with Crippen molar-refractivity contribution >= 4 is 12.4 Å². The Morgan fingerprint density at radius 2 is 1.68 bits per heavy atom. The maximum Gasteiger partial charge on any atom is 0.413 e. The van der Waals surface area contributed by atoms with Crippen molar-refractivity contribution in [3.63, 3.8) is 0 Å². The fourth-order valence-electron chi connectivity index (χ4n) is 3.18. The van der Waals surface area contributed by atoms with Crippen molar-refractivity contribution < 1.29 is 23.8 Å². The van der Waals surface area contributed by atoms with Crippen molar-refractivity contribution in [1.82, 2.24) is 4.90 Å². The Bertz CT molecular complexity index is 813. The normalized spacial score (nSPS) is 22.0. The standard InChI is InChI=1S/C22H24NO5/c1-22(2,3)28-21(25)23-19(15-8-6-5-7-9-15)18(14-24)27-20(23)16-10-12-17(26-4)13-11-16/h5-13,18-20H,1-4H3/t18-,19-,20?/m0/s1. The van der Waals surface area contributed by atoms with Gasteiger partial charge in [-0.3, -0.25) is 9.69 Å². The molecule has 6 nitrogen and oxygen atoms in total. The van der Waals surface area contributed by atoms with Gasteiger partial charge in [0.25, 0.3) is 0 Å². The van der Waals surface area contributed by atoms with Gasteiger partial charge >= 0.3 is 6.09 Å². The highest BCUT2D eigenvalue weighted by Crippen LogP contribution is 2.43. The van der Waals surface area contributed by atoms with Crippen LogP contribution in [0.4, 0.5) is 4.79 Å². The zero-order valence-corrected chi connectivity index (χ0v) is 16.4. The van der Waals surface area contributed by atoms with Gasteiger partial charge in [-0.1, -0.05) is 42.5 Å². The Morgan fingerprint density at radius 1 is 1.04 bits per heavy atom. The summed E-state index contributed by atoms with van der Waals surface area (Å²) >= 11 is 0. The zero-order valence-electron chi connectivity index (χ0n) is 16.4. The summed E-state index contributed by atoms with van der Waals surface area (Å²) in [6.45, 7) is 5.39. The summed E-state index contributed by atoms with van der Waals surface area (Å²) in [4.78, 5) is 26.2. The quantitative estimate of drug-likeness (QED) is 0.794. The highest BCUT2D eigenvalue weighted by Gasteiger charge is 2.48. The first kappa shape index (κ1) is 19.9. The first-order valence-corrected chi connectivity index (χ1v) is 9.07. The largest absolute Gasteiger partial charge is 0.497 e. The molecular formula is C22H24NO5. The minimum absolute atomic E-state index is 0.556. The molecule has 1 aliphatic heterocycles. The molecule has 28 heavy (non-hydrogen) atoms. The lowest BCUT2D eigenvalue weighted by Crippen LogP contribution is -2.39. The van der Waals surface area contributed by atoms with Crippen molar-refractivity contribution in [2.24, 2.45) is 0 Å². The van der Waals surface area contributed by atoms with E-state index in [4.69, 9.17) is 14.2 Å². The molecule has 1 radical (unpaired) electrons. The molecule has 147 valence electrons. The summed E-state index contributed by atoms with van der Waals surface area (Å²) in [5, 5.41) is 0. The van der Waals surface area contributed by atoms with Gasteiger partial charge in [-0.15, -0.1) is 0 Å². The number of rotatable bonds is 4. The summed E-state index contributed by atoms with van der Waals surface area (Å²) in [5.41, 5.74) is 0.800. The molecule has 0 aromatic heterocycles. The van der Waals surface area contributed by atoms with Gasteiger partial charge in [0, 0.05) is 5.56 Å². The molecule has 0 N–H and O–H groups in total. The molecule has 0 bridgehead atoms. The fraction of sp³-hybridized carbons (Fsp3) is 0.364. The maximum atomic E-state index is 13.1. The molecular weight excluding hydrogens is 358 g/mol. The van der Waals surface area contributed by atoms with Gasteiger partial charge in [0.05, 0.1) is 13.2 Å². The fourth-order valence-corrected chi connectivity index (χ4v) is 3.18. The van der Waals surface area contributed by atoms with Crippen LogP contribution in [-0.4, -0.2) is 36.1 Å². The SMILES string of the molecule is COc1ccc(C2O[C@@H]([C]=O)[C@H](c3ccccc3)N2C(=O)OC(C)(C)C)cc1. The van der Waals surface area contributed by atoms with Crippen LogP contribution in [-0.2, 0) is 14.3 Å². The molecule has 0 saturated carbocycles. The molecule has 1 heterocycles. The molecule has 2 aromatic carbocycles. The van der Waals surface area contributed by atoms with Gasteiger partial charge in [-0.2, -0.15) is 0 Å². The predicted molar refractivity (Wildman–Crippen MR) is 104 cm³/mol. The molecule has 0 aliphatic carbocycles. The summed E-state index contributed by atoms with van der Waals surface area (Å²) < 4.78 is 16.8. The lowest BCUT2D eigenvalue weighted by Gasteiger charge is -2.31. The van der Waals surface area contributed by atoms with E-state index in [9.17, 15) is 9.59 Å². The smallest absolute Gasteiger partial charge is 0.413 e. The van der Waals surface area contributed by atoms with Crippen LogP contribution < -0.4 is 4.74 Å². The zero-order chi connectivity index (χ0) is 20.3. The molecule has 1 aliphatic rings. The Labute approximate surface area is 165 Å². The van der Waals surface area contributed by atoms with Gasteiger partial charge in [0.1, 0.15) is 11.4 Å². The number of ether oxygens (including phenoxy) is 3. The van der Waals surface area contributed by atoms with Crippen LogP contribution in [0.2, 0.25) is 0 Å². The summed E-state index contributed by atoms with van der Waals surface area (Å²) in [6.07, 6.45) is -0.328.